The molecule has 0 spiro atoms. The van der Waals surface area contributed by atoms with Crippen molar-refractivity contribution in [1.82, 2.24) is 9.97 Å². The number of ether oxygens (including phenoxy) is 1. The van der Waals surface area contributed by atoms with Gasteiger partial charge in [0.15, 0.2) is 0 Å². The second-order valence-corrected chi connectivity index (χ2v) is 6.06. The van der Waals surface area contributed by atoms with Crippen LogP contribution in [-0.4, -0.2) is 21.7 Å². The standard InChI is InChI=1S/C20H28N2O2/c1-3-5-6-7-8-13-24-20-21-14-18(15-22-20)16-9-11-17(12-10-16)19(23)4-2/h9-12,14-15,19,23H,3-8,13H2,1-2H3. The van der Waals surface area contributed by atoms with Crippen molar-refractivity contribution in [3.05, 3.63) is 42.2 Å². The highest BCUT2D eigenvalue weighted by Gasteiger charge is 2.06. The minimum absolute atomic E-state index is 0.400. The summed E-state index contributed by atoms with van der Waals surface area (Å²) in [6.07, 6.45) is 9.94. The largest absolute Gasteiger partial charge is 0.463 e. The monoisotopic (exact) mass is 328 g/mol. The number of benzene rings is 1. The van der Waals surface area contributed by atoms with Gasteiger partial charge in [0.25, 0.3) is 0 Å². The predicted molar refractivity (Wildman–Crippen MR) is 97.0 cm³/mol. The van der Waals surface area contributed by atoms with Crippen LogP contribution in [0.15, 0.2) is 36.7 Å². The molecule has 24 heavy (non-hydrogen) atoms. The van der Waals surface area contributed by atoms with Crippen LogP contribution in [0, 0.1) is 0 Å². The highest BCUT2D eigenvalue weighted by atomic mass is 16.5. The number of hydrogen-bond acceptors (Lipinski definition) is 4. The van der Waals surface area contributed by atoms with Gasteiger partial charge in [-0.2, -0.15) is 0 Å². The molecule has 1 aromatic carbocycles. The third-order valence-corrected chi connectivity index (χ3v) is 4.12. The number of rotatable bonds is 10. The fourth-order valence-electron chi connectivity index (χ4n) is 2.54. The molecule has 1 aromatic heterocycles. The van der Waals surface area contributed by atoms with Gasteiger partial charge in [-0.25, -0.2) is 9.97 Å². The van der Waals surface area contributed by atoms with E-state index in [1.165, 1.54) is 25.7 Å². The van der Waals surface area contributed by atoms with E-state index in [4.69, 9.17) is 4.74 Å². The zero-order valence-electron chi connectivity index (χ0n) is 14.7. The lowest BCUT2D eigenvalue weighted by Gasteiger charge is -2.09. The molecule has 0 aliphatic carbocycles. The van der Waals surface area contributed by atoms with Gasteiger partial charge in [-0.15, -0.1) is 0 Å². The summed E-state index contributed by atoms with van der Waals surface area (Å²) >= 11 is 0. The van der Waals surface area contributed by atoms with E-state index in [0.717, 1.165) is 23.1 Å². The molecule has 2 aromatic rings. The van der Waals surface area contributed by atoms with Crippen LogP contribution in [0.1, 0.15) is 64.0 Å². The van der Waals surface area contributed by atoms with Crippen LogP contribution in [0.2, 0.25) is 0 Å². The Morgan fingerprint density at radius 2 is 1.58 bits per heavy atom. The van der Waals surface area contributed by atoms with Crippen molar-refractivity contribution in [2.24, 2.45) is 0 Å². The lowest BCUT2D eigenvalue weighted by molar-refractivity contribution is 0.173. The summed E-state index contributed by atoms with van der Waals surface area (Å²) < 4.78 is 5.59. The Balaban J connectivity index is 1.85. The average Bonchev–Trinajstić information content (AvgIpc) is 2.64. The molecule has 130 valence electrons. The van der Waals surface area contributed by atoms with Gasteiger partial charge in [-0.1, -0.05) is 63.8 Å². The Kier molecular flexibility index (Phi) is 7.69. The first-order valence-corrected chi connectivity index (χ1v) is 8.97. The Labute approximate surface area is 144 Å². The Bertz CT molecular complexity index is 582. The van der Waals surface area contributed by atoms with Gasteiger partial charge in [0.2, 0.25) is 0 Å². The average molecular weight is 328 g/mol. The third-order valence-electron chi connectivity index (χ3n) is 4.12. The number of unbranched alkanes of at least 4 members (excludes halogenated alkanes) is 4. The second-order valence-electron chi connectivity index (χ2n) is 6.06. The summed E-state index contributed by atoms with van der Waals surface area (Å²) in [5.74, 6) is 0. The first kappa shape index (κ1) is 18.4. The van der Waals surface area contributed by atoms with Gasteiger partial charge in [0.05, 0.1) is 12.7 Å². The first-order valence-electron chi connectivity index (χ1n) is 8.97. The van der Waals surface area contributed by atoms with Crippen molar-refractivity contribution in [1.29, 1.82) is 0 Å². The molecule has 4 heteroatoms. The molecule has 0 saturated heterocycles. The van der Waals surface area contributed by atoms with Crippen molar-refractivity contribution < 1.29 is 9.84 Å². The summed E-state index contributed by atoms with van der Waals surface area (Å²) in [4.78, 5) is 8.56. The van der Waals surface area contributed by atoms with Crippen LogP contribution in [-0.2, 0) is 0 Å². The summed E-state index contributed by atoms with van der Waals surface area (Å²) in [6, 6.07) is 8.31. The van der Waals surface area contributed by atoms with E-state index in [2.05, 4.69) is 16.9 Å². The maximum atomic E-state index is 9.84. The normalized spacial score (nSPS) is 12.1. The van der Waals surface area contributed by atoms with E-state index < -0.39 is 6.10 Å². The molecule has 0 amide bonds. The smallest absolute Gasteiger partial charge is 0.316 e. The third kappa shape index (κ3) is 5.60. The van der Waals surface area contributed by atoms with Gasteiger partial charge >= 0.3 is 6.01 Å². The highest BCUT2D eigenvalue weighted by Crippen LogP contribution is 2.22. The molecule has 0 aliphatic rings. The number of nitrogens with zero attached hydrogens (tertiary/aromatic N) is 2. The number of aliphatic hydroxyl groups is 1. The quantitative estimate of drug-likeness (QED) is 0.628. The van der Waals surface area contributed by atoms with E-state index in [9.17, 15) is 5.11 Å². The lowest BCUT2D eigenvalue weighted by Crippen LogP contribution is -2.01. The van der Waals surface area contributed by atoms with Crippen molar-refractivity contribution in [2.75, 3.05) is 6.61 Å². The molecule has 4 nitrogen and oxygen atoms in total. The molecule has 1 unspecified atom stereocenters. The fraction of sp³-hybridized carbons (Fsp3) is 0.500. The Morgan fingerprint density at radius 1 is 0.917 bits per heavy atom. The van der Waals surface area contributed by atoms with Crippen molar-refractivity contribution in [3.8, 4) is 17.1 Å². The van der Waals surface area contributed by atoms with E-state index in [1.807, 2.05) is 31.2 Å². The van der Waals surface area contributed by atoms with Crippen LogP contribution >= 0.6 is 0 Å². The van der Waals surface area contributed by atoms with Gasteiger partial charge in [-0.05, 0) is 24.0 Å². The van der Waals surface area contributed by atoms with Crippen molar-refractivity contribution >= 4 is 0 Å². The van der Waals surface area contributed by atoms with E-state index in [1.54, 1.807) is 12.4 Å². The number of aliphatic hydroxyl groups excluding tert-OH is 1. The predicted octanol–water partition coefficient (Wildman–Crippen LogP) is 4.94. The maximum Gasteiger partial charge on any atom is 0.316 e. The first-order chi connectivity index (χ1) is 11.7. The molecule has 1 atom stereocenters. The molecule has 0 radical (unpaired) electrons. The Morgan fingerprint density at radius 3 is 2.21 bits per heavy atom. The van der Waals surface area contributed by atoms with Crippen molar-refractivity contribution in [2.45, 2.75) is 58.5 Å². The summed E-state index contributed by atoms with van der Waals surface area (Å²) in [5, 5.41) is 9.84. The van der Waals surface area contributed by atoms with Crippen LogP contribution in [0.3, 0.4) is 0 Å². The highest BCUT2D eigenvalue weighted by molar-refractivity contribution is 5.61. The second kappa shape index (κ2) is 10.0. The van der Waals surface area contributed by atoms with Crippen LogP contribution in [0.25, 0.3) is 11.1 Å². The molecule has 0 fully saturated rings. The van der Waals surface area contributed by atoms with E-state index in [0.29, 0.717) is 19.0 Å². The summed E-state index contributed by atoms with van der Waals surface area (Å²) in [7, 11) is 0. The minimum Gasteiger partial charge on any atom is -0.463 e. The zero-order chi connectivity index (χ0) is 17.2. The van der Waals surface area contributed by atoms with E-state index >= 15 is 0 Å². The minimum atomic E-state index is -0.400. The fourth-order valence-corrected chi connectivity index (χ4v) is 2.54. The number of hydrogen-bond donors (Lipinski definition) is 1. The molecule has 1 heterocycles. The number of aromatic nitrogens is 2. The SMILES string of the molecule is CCCCCCCOc1ncc(-c2ccc(C(O)CC)cc2)cn1. The topological polar surface area (TPSA) is 55.2 Å². The zero-order valence-corrected chi connectivity index (χ0v) is 14.7. The van der Waals surface area contributed by atoms with Crippen LogP contribution in [0.5, 0.6) is 6.01 Å². The molecule has 2 rings (SSSR count). The Hall–Kier alpha value is -1.94. The summed E-state index contributed by atoms with van der Waals surface area (Å²) in [6.45, 7) is 4.85. The molecular formula is C20H28N2O2. The molecule has 0 aliphatic heterocycles. The molecular weight excluding hydrogens is 300 g/mol. The van der Waals surface area contributed by atoms with Crippen molar-refractivity contribution in [3.63, 3.8) is 0 Å². The maximum absolute atomic E-state index is 9.84. The van der Waals surface area contributed by atoms with Crippen LogP contribution < -0.4 is 4.74 Å². The lowest BCUT2D eigenvalue weighted by atomic mass is 10.0. The molecule has 0 bridgehead atoms. The van der Waals surface area contributed by atoms with E-state index in [-0.39, 0.29) is 0 Å². The van der Waals surface area contributed by atoms with Crippen LogP contribution in [0.4, 0.5) is 0 Å². The van der Waals surface area contributed by atoms with Gasteiger partial charge in [0.1, 0.15) is 0 Å². The van der Waals surface area contributed by atoms with Gasteiger partial charge in [-0.3, -0.25) is 0 Å². The summed E-state index contributed by atoms with van der Waals surface area (Å²) in [5.41, 5.74) is 2.92. The molecule has 1 N–H and O–H groups in total. The van der Waals surface area contributed by atoms with Gasteiger partial charge < -0.3 is 9.84 Å². The van der Waals surface area contributed by atoms with Gasteiger partial charge in [0, 0.05) is 18.0 Å². The molecule has 0 saturated carbocycles.